The molecule has 0 aromatic carbocycles. The zero-order valence-electron chi connectivity index (χ0n) is 8.58. The van der Waals surface area contributed by atoms with E-state index in [2.05, 4.69) is 16.6 Å². The summed E-state index contributed by atoms with van der Waals surface area (Å²) in [6, 6.07) is -0.616. The number of hydrogen-bond donors (Lipinski definition) is 2. The zero-order valence-corrected chi connectivity index (χ0v) is 8.58. The third kappa shape index (κ3) is 1.50. The molecule has 2 saturated heterocycles. The predicted molar refractivity (Wildman–Crippen MR) is 54.1 cm³/mol. The minimum Gasteiger partial charge on any atom is -0.339 e. The van der Waals surface area contributed by atoms with Gasteiger partial charge in [-0.3, -0.25) is 14.9 Å². The van der Waals surface area contributed by atoms with Gasteiger partial charge in [-0.1, -0.05) is 5.92 Å². The maximum atomic E-state index is 11.6. The molecule has 0 radical (unpaired) electrons. The van der Waals surface area contributed by atoms with E-state index < -0.39 is 17.5 Å². The van der Waals surface area contributed by atoms with Crippen LogP contribution in [0.25, 0.3) is 0 Å². The number of terminal acetylenes is 1. The SMILES string of the molecule is C#CC1(CN2CCCC2=O)NC(=O)NC1=O. The number of imide groups is 1. The second-order valence-corrected chi connectivity index (χ2v) is 3.88. The summed E-state index contributed by atoms with van der Waals surface area (Å²) in [4.78, 5) is 35.5. The first kappa shape index (κ1) is 10.5. The van der Waals surface area contributed by atoms with Gasteiger partial charge in [0.2, 0.25) is 5.91 Å². The lowest BCUT2D eigenvalue weighted by molar-refractivity contribution is -0.129. The normalized spacial score (nSPS) is 28.9. The molecule has 0 spiro atoms. The van der Waals surface area contributed by atoms with Gasteiger partial charge in [0.1, 0.15) is 0 Å². The molecule has 0 aromatic rings. The molecule has 2 rings (SSSR count). The third-order valence-electron chi connectivity index (χ3n) is 2.79. The van der Waals surface area contributed by atoms with Crippen LogP contribution in [0.5, 0.6) is 0 Å². The van der Waals surface area contributed by atoms with Crippen LogP contribution in [0.4, 0.5) is 4.79 Å². The van der Waals surface area contributed by atoms with Gasteiger partial charge < -0.3 is 10.2 Å². The first-order valence-electron chi connectivity index (χ1n) is 4.96. The summed E-state index contributed by atoms with van der Waals surface area (Å²) in [6.45, 7) is 0.616. The van der Waals surface area contributed by atoms with Crippen LogP contribution >= 0.6 is 0 Å². The fourth-order valence-corrected chi connectivity index (χ4v) is 1.91. The lowest BCUT2D eigenvalue weighted by Crippen LogP contribution is -2.54. The number of urea groups is 1. The van der Waals surface area contributed by atoms with Crippen molar-refractivity contribution < 1.29 is 14.4 Å². The Hall–Kier alpha value is -2.03. The number of nitrogens with one attached hydrogen (secondary N) is 2. The zero-order chi connectivity index (χ0) is 11.8. The van der Waals surface area contributed by atoms with Crippen molar-refractivity contribution in [3.63, 3.8) is 0 Å². The second-order valence-electron chi connectivity index (χ2n) is 3.88. The molecule has 84 valence electrons. The van der Waals surface area contributed by atoms with Crippen molar-refractivity contribution in [3.8, 4) is 12.3 Å². The van der Waals surface area contributed by atoms with Gasteiger partial charge in [0.15, 0.2) is 5.54 Å². The molecule has 1 unspecified atom stereocenters. The quantitative estimate of drug-likeness (QED) is 0.455. The number of carbonyl (C=O) groups excluding carboxylic acids is 3. The van der Waals surface area contributed by atoms with Crippen LogP contribution in [-0.2, 0) is 9.59 Å². The van der Waals surface area contributed by atoms with Crippen molar-refractivity contribution in [2.24, 2.45) is 0 Å². The number of hydrogen-bond acceptors (Lipinski definition) is 3. The highest BCUT2D eigenvalue weighted by Gasteiger charge is 2.47. The summed E-state index contributed by atoms with van der Waals surface area (Å²) in [6.07, 6.45) is 6.51. The summed E-state index contributed by atoms with van der Waals surface area (Å²) in [7, 11) is 0. The Morgan fingerprint density at radius 2 is 2.19 bits per heavy atom. The average Bonchev–Trinajstić information content (AvgIpc) is 2.74. The molecule has 1 atom stereocenters. The molecule has 4 amide bonds. The molecular weight excluding hydrogens is 210 g/mol. The molecule has 2 aliphatic heterocycles. The fourth-order valence-electron chi connectivity index (χ4n) is 1.91. The fraction of sp³-hybridized carbons (Fsp3) is 0.500. The average molecular weight is 221 g/mol. The van der Waals surface area contributed by atoms with Crippen molar-refractivity contribution in [2.75, 3.05) is 13.1 Å². The van der Waals surface area contributed by atoms with E-state index in [1.807, 2.05) is 0 Å². The monoisotopic (exact) mass is 221 g/mol. The molecular formula is C10H11N3O3. The highest BCUT2D eigenvalue weighted by molar-refractivity contribution is 6.09. The van der Waals surface area contributed by atoms with Gasteiger partial charge in [0.25, 0.3) is 5.91 Å². The van der Waals surface area contributed by atoms with Crippen LogP contribution in [0.2, 0.25) is 0 Å². The van der Waals surface area contributed by atoms with E-state index in [4.69, 9.17) is 6.42 Å². The molecule has 0 saturated carbocycles. The lowest BCUT2D eigenvalue weighted by Gasteiger charge is -2.25. The largest absolute Gasteiger partial charge is 0.339 e. The first-order valence-corrected chi connectivity index (χ1v) is 4.96. The van der Waals surface area contributed by atoms with Crippen LogP contribution in [-0.4, -0.2) is 41.4 Å². The van der Waals surface area contributed by atoms with Crippen molar-refractivity contribution >= 4 is 17.8 Å². The summed E-state index contributed by atoms with van der Waals surface area (Å²) >= 11 is 0. The van der Waals surface area contributed by atoms with Gasteiger partial charge in [-0.2, -0.15) is 0 Å². The molecule has 0 bridgehead atoms. The van der Waals surface area contributed by atoms with Crippen LogP contribution in [0.15, 0.2) is 0 Å². The Morgan fingerprint density at radius 1 is 1.44 bits per heavy atom. The standard InChI is InChI=1S/C10H11N3O3/c1-2-10(8(15)11-9(16)12-10)6-13-5-3-4-7(13)14/h1H,3-6H2,(H2,11,12,15,16). The Labute approximate surface area is 92.4 Å². The van der Waals surface area contributed by atoms with Crippen molar-refractivity contribution in [3.05, 3.63) is 0 Å². The molecule has 0 aromatic heterocycles. The van der Waals surface area contributed by atoms with E-state index in [1.54, 1.807) is 0 Å². The minimum atomic E-state index is -1.41. The Morgan fingerprint density at radius 3 is 2.62 bits per heavy atom. The molecule has 6 nitrogen and oxygen atoms in total. The molecule has 0 aliphatic carbocycles. The van der Waals surface area contributed by atoms with Crippen LogP contribution in [0.3, 0.4) is 0 Å². The molecule has 2 aliphatic rings. The highest BCUT2D eigenvalue weighted by atomic mass is 16.2. The molecule has 2 fully saturated rings. The number of carbonyl (C=O) groups is 3. The van der Waals surface area contributed by atoms with Gasteiger partial charge in [-0.15, -0.1) is 6.42 Å². The van der Waals surface area contributed by atoms with E-state index >= 15 is 0 Å². The summed E-state index contributed by atoms with van der Waals surface area (Å²) in [5, 5.41) is 4.46. The number of nitrogens with zero attached hydrogens (tertiary/aromatic N) is 1. The Kier molecular flexibility index (Phi) is 2.31. The van der Waals surface area contributed by atoms with E-state index in [9.17, 15) is 14.4 Å². The summed E-state index contributed by atoms with van der Waals surface area (Å²) < 4.78 is 0. The molecule has 16 heavy (non-hydrogen) atoms. The second kappa shape index (κ2) is 3.52. The maximum Gasteiger partial charge on any atom is 0.323 e. The molecule has 6 heteroatoms. The predicted octanol–water partition coefficient (Wildman–Crippen LogP) is -1.18. The molecule has 2 heterocycles. The topological polar surface area (TPSA) is 78.5 Å². The Bertz CT molecular complexity index is 412. The number of amides is 4. The maximum absolute atomic E-state index is 11.6. The van der Waals surface area contributed by atoms with Crippen LogP contribution < -0.4 is 10.6 Å². The van der Waals surface area contributed by atoms with E-state index in [0.29, 0.717) is 13.0 Å². The molecule has 2 N–H and O–H groups in total. The van der Waals surface area contributed by atoms with Crippen molar-refractivity contribution in [1.29, 1.82) is 0 Å². The smallest absolute Gasteiger partial charge is 0.323 e. The summed E-state index contributed by atoms with van der Waals surface area (Å²) in [5.74, 6) is 1.66. The first-order chi connectivity index (χ1) is 7.57. The number of likely N-dealkylation sites (tertiary alicyclic amines) is 1. The lowest BCUT2D eigenvalue weighted by atomic mass is 10.0. The number of rotatable bonds is 2. The van der Waals surface area contributed by atoms with Gasteiger partial charge in [-0.05, 0) is 6.42 Å². The van der Waals surface area contributed by atoms with Gasteiger partial charge in [0, 0.05) is 13.0 Å². The van der Waals surface area contributed by atoms with Crippen molar-refractivity contribution in [1.82, 2.24) is 15.5 Å². The highest BCUT2D eigenvalue weighted by Crippen LogP contribution is 2.17. The Balaban J connectivity index is 2.17. The van der Waals surface area contributed by atoms with Crippen molar-refractivity contribution in [2.45, 2.75) is 18.4 Å². The van der Waals surface area contributed by atoms with E-state index in [-0.39, 0.29) is 12.5 Å². The third-order valence-corrected chi connectivity index (χ3v) is 2.79. The minimum absolute atomic E-state index is 0.0384. The van der Waals surface area contributed by atoms with E-state index in [0.717, 1.165) is 6.42 Å². The van der Waals surface area contributed by atoms with Gasteiger partial charge in [0.05, 0.1) is 6.54 Å². The van der Waals surface area contributed by atoms with Gasteiger partial charge in [-0.25, -0.2) is 4.79 Å². The van der Waals surface area contributed by atoms with Crippen LogP contribution in [0, 0.1) is 12.3 Å². The summed E-state index contributed by atoms with van der Waals surface area (Å²) in [5.41, 5.74) is -1.41. The van der Waals surface area contributed by atoms with Gasteiger partial charge >= 0.3 is 6.03 Å². The van der Waals surface area contributed by atoms with E-state index in [1.165, 1.54) is 4.90 Å². The van der Waals surface area contributed by atoms with Crippen LogP contribution in [0.1, 0.15) is 12.8 Å².